The van der Waals surface area contributed by atoms with E-state index in [1.807, 2.05) is 23.1 Å². The van der Waals surface area contributed by atoms with E-state index >= 15 is 0 Å². The number of amides is 3. The topological polar surface area (TPSA) is 97.9 Å². The van der Waals surface area contributed by atoms with Crippen molar-refractivity contribution in [3.8, 4) is 0 Å². The minimum absolute atomic E-state index is 0.148. The number of aromatic nitrogens is 1. The number of anilines is 1. The summed E-state index contributed by atoms with van der Waals surface area (Å²) in [6.45, 7) is 4.56. The van der Waals surface area contributed by atoms with E-state index in [1.54, 1.807) is 29.4 Å². The van der Waals surface area contributed by atoms with Crippen LogP contribution in [0.2, 0.25) is 0 Å². The molecule has 0 radical (unpaired) electrons. The second-order valence-corrected chi connectivity index (χ2v) is 9.08. The Labute approximate surface area is 210 Å². The van der Waals surface area contributed by atoms with Crippen molar-refractivity contribution < 1.29 is 18.8 Å². The van der Waals surface area contributed by atoms with Crippen LogP contribution in [0.15, 0.2) is 48.8 Å². The Morgan fingerprint density at radius 2 is 1.78 bits per heavy atom. The zero-order valence-electron chi connectivity index (χ0n) is 20.4. The maximum absolute atomic E-state index is 14.2. The summed E-state index contributed by atoms with van der Waals surface area (Å²) in [5.74, 6) is -1.46. The van der Waals surface area contributed by atoms with Gasteiger partial charge in [0.1, 0.15) is 5.82 Å². The SMILES string of the molecule is O=C(NCCCN1CCCC1=O)C(=O)NC[C@H](c1cccnc1)N1CCN(c2ccccc2F)CC1. The summed E-state index contributed by atoms with van der Waals surface area (Å²) >= 11 is 0. The van der Waals surface area contributed by atoms with Crippen LogP contribution in [0.1, 0.15) is 30.9 Å². The van der Waals surface area contributed by atoms with E-state index in [-0.39, 0.29) is 24.3 Å². The molecule has 2 N–H and O–H groups in total. The van der Waals surface area contributed by atoms with E-state index in [0.29, 0.717) is 57.8 Å². The number of benzene rings is 1. The lowest BCUT2D eigenvalue weighted by molar-refractivity contribution is -0.139. The summed E-state index contributed by atoms with van der Waals surface area (Å²) in [6.07, 6.45) is 5.53. The largest absolute Gasteiger partial charge is 0.367 e. The molecule has 1 aromatic carbocycles. The number of rotatable bonds is 9. The summed E-state index contributed by atoms with van der Waals surface area (Å²) in [4.78, 5) is 46.7. The van der Waals surface area contributed by atoms with Gasteiger partial charge in [-0.2, -0.15) is 0 Å². The van der Waals surface area contributed by atoms with Gasteiger partial charge in [0.25, 0.3) is 0 Å². The Kier molecular flexibility index (Phi) is 8.83. The van der Waals surface area contributed by atoms with Crippen molar-refractivity contribution in [1.29, 1.82) is 0 Å². The molecule has 0 unspecified atom stereocenters. The van der Waals surface area contributed by atoms with Crippen LogP contribution in [0, 0.1) is 5.82 Å². The Morgan fingerprint density at radius 1 is 1.00 bits per heavy atom. The molecule has 2 saturated heterocycles. The van der Waals surface area contributed by atoms with Gasteiger partial charge < -0.3 is 20.4 Å². The molecule has 1 aromatic heterocycles. The van der Waals surface area contributed by atoms with Gasteiger partial charge in [0, 0.05) is 71.2 Å². The fraction of sp³-hybridized carbons (Fsp3) is 0.462. The van der Waals surface area contributed by atoms with Crippen molar-refractivity contribution in [1.82, 2.24) is 25.4 Å². The highest BCUT2D eigenvalue weighted by atomic mass is 19.1. The maximum Gasteiger partial charge on any atom is 0.309 e. The highest BCUT2D eigenvalue weighted by Crippen LogP contribution is 2.25. The summed E-state index contributed by atoms with van der Waals surface area (Å²) in [5, 5.41) is 5.40. The normalized spacial score (nSPS) is 17.2. The molecular weight excluding hydrogens is 463 g/mol. The maximum atomic E-state index is 14.2. The van der Waals surface area contributed by atoms with Gasteiger partial charge in [-0.1, -0.05) is 18.2 Å². The number of hydrogen-bond acceptors (Lipinski definition) is 6. The number of carbonyl (C=O) groups is 3. The third-order valence-electron chi connectivity index (χ3n) is 6.74. The third kappa shape index (κ3) is 6.57. The average Bonchev–Trinajstić information content (AvgIpc) is 3.32. The Balaban J connectivity index is 1.28. The van der Waals surface area contributed by atoms with E-state index in [4.69, 9.17) is 0 Å². The number of carbonyl (C=O) groups excluding carboxylic acids is 3. The molecule has 2 aliphatic heterocycles. The fourth-order valence-corrected chi connectivity index (χ4v) is 4.78. The number of para-hydroxylation sites is 1. The smallest absolute Gasteiger partial charge is 0.309 e. The molecule has 0 bridgehead atoms. The number of nitrogens with zero attached hydrogens (tertiary/aromatic N) is 4. The van der Waals surface area contributed by atoms with Crippen molar-refractivity contribution in [2.24, 2.45) is 0 Å². The van der Waals surface area contributed by atoms with Gasteiger partial charge >= 0.3 is 11.8 Å². The van der Waals surface area contributed by atoms with Crippen LogP contribution >= 0.6 is 0 Å². The summed E-state index contributed by atoms with van der Waals surface area (Å²) < 4.78 is 14.2. The van der Waals surface area contributed by atoms with Crippen molar-refractivity contribution in [3.05, 3.63) is 60.2 Å². The number of piperazine rings is 1. The molecule has 1 atom stereocenters. The van der Waals surface area contributed by atoms with Gasteiger partial charge in [-0.3, -0.25) is 24.3 Å². The lowest BCUT2D eigenvalue weighted by atomic mass is 10.1. The molecule has 3 heterocycles. The number of halogens is 1. The standard InChI is InChI=1S/C26H33FN6O3/c27-21-7-1-2-8-22(21)31-14-16-32(17-15-31)23(20-6-3-10-28-18-20)19-30-26(36)25(35)29-11-5-13-33-12-4-9-24(33)34/h1-3,6-8,10,18,23H,4-5,9,11-17,19H2,(H,29,35)(H,30,36)/t23-/m1/s1. The minimum Gasteiger partial charge on any atom is -0.367 e. The van der Waals surface area contributed by atoms with Crippen molar-refractivity contribution >= 4 is 23.4 Å². The first-order valence-corrected chi connectivity index (χ1v) is 12.5. The molecule has 192 valence electrons. The van der Waals surface area contributed by atoms with Crippen LogP contribution in [-0.2, 0) is 14.4 Å². The number of nitrogens with one attached hydrogen (secondary N) is 2. The molecule has 0 aliphatic carbocycles. The lowest BCUT2D eigenvalue weighted by Gasteiger charge is -2.40. The molecule has 2 fully saturated rings. The Bertz CT molecular complexity index is 1040. The highest BCUT2D eigenvalue weighted by Gasteiger charge is 2.27. The molecule has 10 heteroatoms. The van der Waals surface area contributed by atoms with Gasteiger partial charge in [0.05, 0.1) is 11.7 Å². The Morgan fingerprint density at radius 3 is 2.47 bits per heavy atom. The highest BCUT2D eigenvalue weighted by molar-refractivity contribution is 6.35. The molecule has 36 heavy (non-hydrogen) atoms. The number of likely N-dealkylation sites (tertiary alicyclic amines) is 1. The average molecular weight is 497 g/mol. The predicted molar refractivity (Wildman–Crippen MR) is 134 cm³/mol. The van der Waals surface area contributed by atoms with Crippen LogP contribution in [0.4, 0.5) is 10.1 Å². The molecular formula is C26H33FN6O3. The van der Waals surface area contributed by atoms with Crippen LogP contribution in [0.25, 0.3) is 0 Å². The first-order valence-electron chi connectivity index (χ1n) is 12.5. The van der Waals surface area contributed by atoms with E-state index < -0.39 is 11.8 Å². The van der Waals surface area contributed by atoms with Gasteiger partial charge in [0.2, 0.25) is 5.91 Å². The molecule has 3 amide bonds. The Hall–Kier alpha value is -3.53. The first-order chi connectivity index (χ1) is 17.5. The summed E-state index contributed by atoms with van der Waals surface area (Å²) in [6, 6.07) is 10.4. The lowest BCUT2D eigenvalue weighted by Crippen LogP contribution is -2.51. The minimum atomic E-state index is -0.689. The first kappa shape index (κ1) is 25.6. The van der Waals surface area contributed by atoms with Crippen molar-refractivity contribution in [3.63, 3.8) is 0 Å². The van der Waals surface area contributed by atoms with Gasteiger partial charge in [-0.15, -0.1) is 0 Å². The van der Waals surface area contributed by atoms with Crippen LogP contribution in [0.5, 0.6) is 0 Å². The number of pyridine rings is 1. The molecule has 0 spiro atoms. The van der Waals surface area contributed by atoms with Crippen LogP contribution < -0.4 is 15.5 Å². The van der Waals surface area contributed by atoms with Gasteiger partial charge in [-0.05, 0) is 36.6 Å². The predicted octanol–water partition coefficient (Wildman–Crippen LogP) is 1.33. The molecule has 0 saturated carbocycles. The van der Waals surface area contributed by atoms with Gasteiger partial charge in [0.15, 0.2) is 0 Å². The monoisotopic (exact) mass is 496 g/mol. The van der Waals surface area contributed by atoms with Crippen LogP contribution in [-0.4, -0.2) is 84.9 Å². The second-order valence-electron chi connectivity index (χ2n) is 9.08. The van der Waals surface area contributed by atoms with Crippen molar-refractivity contribution in [2.75, 3.05) is 57.3 Å². The second kappa shape index (κ2) is 12.4. The van der Waals surface area contributed by atoms with E-state index in [2.05, 4.69) is 20.5 Å². The molecule has 4 rings (SSSR count). The van der Waals surface area contributed by atoms with E-state index in [0.717, 1.165) is 18.5 Å². The van der Waals surface area contributed by atoms with Gasteiger partial charge in [-0.25, -0.2) is 4.39 Å². The van der Waals surface area contributed by atoms with E-state index in [9.17, 15) is 18.8 Å². The van der Waals surface area contributed by atoms with Crippen LogP contribution in [0.3, 0.4) is 0 Å². The zero-order valence-corrected chi connectivity index (χ0v) is 20.4. The number of hydrogen-bond donors (Lipinski definition) is 2. The quantitative estimate of drug-likeness (QED) is 0.402. The third-order valence-corrected chi connectivity index (χ3v) is 6.74. The molecule has 2 aromatic rings. The summed E-state index contributed by atoms with van der Waals surface area (Å²) in [5.41, 5.74) is 1.53. The van der Waals surface area contributed by atoms with Crippen molar-refractivity contribution in [2.45, 2.75) is 25.3 Å². The summed E-state index contributed by atoms with van der Waals surface area (Å²) in [7, 11) is 0. The fourth-order valence-electron chi connectivity index (χ4n) is 4.78. The van der Waals surface area contributed by atoms with E-state index in [1.165, 1.54) is 6.07 Å². The molecule has 9 nitrogen and oxygen atoms in total. The molecule has 2 aliphatic rings. The zero-order chi connectivity index (χ0) is 25.3.